The summed E-state index contributed by atoms with van der Waals surface area (Å²) < 4.78 is 17.4. The smallest absolute Gasteiger partial charge is 0.481 e. The van der Waals surface area contributed by atoms with E-state index in [-0.39, 0.29) is 42.1 Å². The van der Waals surface area contributed by atoms with Crippen LogP contribution in [-0.4, -0.2) is 29.1 Å². The molecule has 118 heavy (non-hydrogen) atoms. The Labute approximate surface area is 710 Å². The van der Waals surface area contributed by atoms with Gasteiger partial charge in [-0.1, -0.05) is 301 Å². The second kappa shape index (κ2) is 32.2. The fraction of sp³-hybridized carbons (Fsp3) is 0. The van der Waals surface area contributed by atoms with E-state index in [9.17, 15) is 0 Å². The average molecular weight is 1870 g/mol. The van der Waals surface area contributed by atoms with Crippen molar-refractivity contribution in [2.24, 2.45) is 0 Å². The zero-order chi connectivity index (χ0) is 76.8. The number of hydrogen-bond donors (Lipinski definition) is 0. The zero-order valence-electron chi connectivity index (χ0n) is 63.2. The Morgan fingerprint density at radius 1 is 0.220 bits per heavy atom. The Morgan fingerprint density at radius 3 is 0.949 bits per heavy atom. The molecule has 10 heteroatoms. The van der Waals surface area contributed by atoms with E-state index < -0.39 is 0 Å². The van der Waals surface area contributed by atoms with Gasteiger partial charge >= 0.3 is 42.1 Å². The molecule has 0 fully saturated rings. The largest absolute Gasteiger partial charge is 2.00 e. The second-order valence-electron chi connectivity index (χ2n) is 28.9. The third kappa shape index (κ3) is 14.4. The molecule has 0 unspecified atom stereocenters. The number of rotatable bonds is 14. The predicted molar refractivity (Wildman–Crippen MR) is 473 cm³/mol. The molecule has 22 aromatic rings. The van der Waals surface area contributed by atoms with Crippen molar-refractivity contribution < 1.29 is 51.0 Å². The molecule has 0 spiro atoms. The van der Waals surface area contributed by atoms with E-state index in [0.29, 0.717) is 11.8 Å². The van der Waals surface area contributed by atoms with Gasteiger partial charge in [-0.3, -0.25) is 9.97 Å². The molecule has 6 heterocycles. The van der Waals surface area contributed by atoms with Crippen LogP contribution in [0.2, 0.25) is 0 Å². The van der Waals surface area contributed by atoms with Gasteiger partial charge in [0.25, 0.3) is 0 Å². The van der Waals surface area contributed by atoms with Gasteiger partial charge in [-0.2, -0.15) is 0 Å². The third-order valence-electron chi connectivity index (χ3n) is 21.8. The van der Waals surface area contributed by atoms with Gasteiger partial charge in [-0.05, 0) is 182 Å². The van der Waals surface area contributed by atoms with Crippen molar-refractivity contribution in [1.29, 1.82) is 0 Å². The molecular formula is C108H66N6O2Pt2. The van der Waals surface area contributed by atoms with E-state index in [1.165, 1.54) is 44.5 Å². The second-order valence-corrected chi connectivity index (χ2v) is 28.9. The minimum atomic E-state index is 0. The summed E-state index contributed by atoms with van der Waals surface area (Å²) >= 11 is 0. The molecule has 0 amide bonds. The molecule has 0 saturated carbocycles. The van der Waals surface area contributed by atoms with Crippen molar-refractivity contribution in [1.82, 2.24) is 29.1 Å². The van der Waals surface area contributed by atoms with Crippen LogP contribution in [0.1, 0.15) is 0 Å². The molecule has 0 saturated heterocycles. The van der Waals surface area contributed by atoms with Crippen molar-refractivity contribution >= 4 is 65.8 Å². The molecule has 560 valence electrons. The van der Waals surface area contributed by atoms with Crippen molar-refractivity contribution in [3.05, 3.63) is 425 Å². The first-order valence-electron chi connectivity index (χ1n) is 38.8. The van der Waals surface area contributed by atoms with Crippen LogP contribution in [0.3, 0.4) is 0 Å². The Balaban J connectivity index is 0.000000154. The number of fused-ring (bicyclic) bond motifs is 8. The standard InChI is InChI=1S/2C54H33N3O.2Pt/c1-3-10-36(11-4-1)38-17-21-40(22-18-38)42-27-30-51-48(33-42)47-28-25-45(34-52(47)57(51)46-15-9-14-44(32-46)49-16-7-8-31-55-49)54-56-50-29-26-43(35-53(50)58-54)41-23-19-39(20-24-41)37-12-5-2-6-13-37;1-3-10-36(11-4-1)38-17-21-40(22-18-38)42-26-29-51-48(33-42)47-28-25-45(35-52(47)57(51)46-15-9-14-44(32-46)49-16-7-8-31-55-49)54-56-50-34-43(27-30-53(50)58-54)41-23-19-39(20-24-41)37-12-5-2-6-13-37;;/h1-31,33,35H;1-31,33-34H;;/q2*-2;2*+2. The molecule has 16 aromatic carbocycles. The predicted octanol–water partition coefficient (Wildman–Crippen LogP) is 27.8. The first-order chi connectivity index (χ1) is 57.4. The summed E-state index contributed by atoms with van der Waals surface area (Å²) in [5.41, 5.74) is 32.5. The van der Waals surface area contributed by atoms with E-state index in [4.69, 9.17) is 18.8 Å². The number of aromatic nitrogens is 6. The van der Waals surface area contributed by atoms with Crippen LogP contribution in [0.5, 0.6) is 0 Å². The van der Waals surface area contributed by atoms with Gasteiger partial charge in [0, 0.05) is 23.4 Å². The summed E-state index contributed by atoms with van der Waals surface area (Å²) in [5, 5.41) is 4.41. The van der Waals surface area contributed by atoms with Gasteiger partial charge in [0.2, 0.25) is 0 Å². The molecule has 0 atom stereocenters. The van der Waals surface area contributed by atoms with Crippen LogP contribution in [0, 0.1) is 24.3 Å². The molecule has 0 radical (unpaired) electrons. The summed E-state index contributed by atoms with van der Waals surface area (Å²) in [5.74, 6) is 1.05. The summed E-state index contributed by atoms with van der Waals surface area (Å²) in [6.07, 6.45) is 3.63. The molecule has 22 rings (SSSR count). The van der Waals surface area contributed by atoms with Crippen LogP contribution in [0.25, 0.3) is 212 Å². The average Bonchev–Trinajstić information content (AvgIpc) is 1.59. The van der Waals surface area contributed by atoms with Crippen LogP contribution < -0.4 is 0 Å². The minimum absolute atomic E-state index is 0. The van der Waals surface area contributed by atoms with E-state index in [2.05, 4.69) is 359 Å². The van der Waals surface area contributed by atoms with E-state index in [0.717, 1.165) is 155 Å². The molecule has 0 bridgehead atoms. The monoisotopic (exact) mass is 1870 g/mol. The van der Waals surface area contributed by atoms with Crippen molar-refractivity contribution in [3.8, 4) is 146 Å². The van der Waals surface area contributed by atoms with E-state index in [1.54, 1.807) is 0 Å². The molecule has 8 nitrogen and oxygen atoms in total. The van der Waals surface area contributed by atoms with Gasteiger partial charge in [0.15, 0.2) is 0 Å². The molecule has 0 N–H and O–H groups in total. The number of benzene rings is 16. The maximum atomic E-state index is 6.51. The number of hydrogen-bond acceptors (Lipinski definition) is 6. The van der Waals surface area contributed by atoms with Crippen LogP contribution in [-0.2, 0) is 42.1 Å². The minimum Gasteiger partial charge on any atom is -0.481 e. The summed E-state index contributed by atoms with van der Waals surface area (Å²) in [6, 6.07) is 150. The van der Waals surface area contributed by atoms with Gasteiger partial charge in [0.1, 0.15) is 22.9 Å². The number of nitrogens with zero attached hydrogens (tertiary/aromatic N) is 6. The Kier molecular flexibility index (Phi) is 20.2. The van der Waals surface area contributed by atoms with Gasteiger partial charge in [-0.15, -0.1) is 96.1 Å². The Bertz CT molecular complexity index is 6940. The molecular weight excluding hydrogens is 1800 g/mol. The van der Waals surface area contributed by atoms with Gasteiger partial charge < -0.3 is 27.9 Å². The van der Waals surface area contributed by atoms with Crippen LogP contribution in [0.15, 0.2) is 409 Å². The van der Waals surface area contributed by atoms with E-state index in [1.807, 2.05) is 85.2 Å². The fourth-order valence-electron chi connectivity index (χ4n) is 15.9. The SMILES string of the molecule is [Pt+2].[Pt+2].[c-]1c(-c2ccccn2)cccc1-n1c2[c-]c(-c3nc4cc(-c5ccc(-c6ccccc6)cc5)ccc4o3)ccc2c2cc(-c3ccc(-c4ccccc4)cc3)ccc21.[c-]1c(-c2ccccn2)cccc1-n1c2[c-]c(-c3nc4ccc(-c5ccc(-c6ccccc6)cc5)cc4o3)ccc2c2cc(-c3ccc(-c4ccccc4)cc3)ccc21. The molecule has 6 aromatic heterocycles. The normalized spacial score (nSPS) is 11.3. The first kappa shape index (κ1) is 73.9. The first-order valence-corrected chi connectivity index (χ1v) is 38.8. The van der Waals surface area contributed by atoms with E-state index >= 15 is 0 Å². The quantitative estimate of drug-likeness (QED) is 0.101. The molecule has 0 aliphatic carbocycles. The maximum Gasteiger partial charge on any atom is 2.00 e. The molecule has 0 aliphatic rings. The van der Waals surface area contributed by atoms with Gasteiger partial charge in [-0.25, -0.2) is 0 Å². The Hall–Kier alpha value is -14.3. The topological polar surface area (TPSA) is 87.7 Å². The van der Waals surface area contributed by atoms with Crippen molar-refractivity contribution in [3.63, 3.8) is 0 Å². The van der Waals surface area contributed by atoms with Crippen LogP contribution >= 0.6 is 0 Å². The molecule has 0 aliphatic heterocycles. The van der Waals surface area contributed by atoms with Crippen molar-refractivity contribution in [2.75, 3.05) is 0 Å². The van der Waals surface area contributed by atoms with Gasteiger partial charge in [0.05, 0.1) is 11.0 Å². The summed E-state index contributed by atoms with van der Waals surface area (Å²) in [4.78, 5) is 19.2. The third-order valence-corrected chi connectivity index (χ3v) is 21.8. The maximum absolute atomic E-state index is 6.51. The summed E-state index contributed by atoms with van der Waals surface area (Å²) in [7, 11) is 0. The van der Waals surface area contributed by atoms with Crippen molar-refractivity contribution in [2.45, 2.75) is 0 Å². The Morgan fingerprint density at radius 2 is 0.551 bits per heavy atom. The number of pyridine rings is 2. The fourth-order valence-corrected chi connectivity index (χ4v) is 15.9. The zero-order valence-corrected chi connectivity index (χ0v) is 67.8. The summed E-state index contributed by atoms with van der Waals surface area (Å²) in [6.45, 7) is 0. The van der Waals surface area contributed by atoms with Crippen LogP contribution in [0.4, 0.5) is 0 Å². The number of oxazole rings is 2.